The van der Waals surface area contributed by atoms with Crippen molar-refractivity contribution in [3.8, 4) is 0 Å². The van der Waals surface area contributed by atoms with Crippen molar-refractivity contribution in [1.29, 1.82) is 0 Å². The first-order valence-electron chi connectivity index (χ1n) is 9.14. The molecule has 1 heterocycles. The molecule has 2 rings (SSSR count). The predicted octanol–water partition coefficient (Wildman–Crippen LogP) is 3.37. The summed E-state index contributed by atoms with van der Waals surface area (Å²) in [4.78, 5) is 37.6. The van der Waals surface area contributed by atoms with Gasteiger partial charge in [-0.3, -0.25) is 14.4 Å². The number of rotatable bonds is 7. The average Bonchev–Trinajstić information content (AvgIpc) is 3.03. The van der Waals surface area contributed by atoms with E-state index < -0.39 is 12.0 Å². The van der Waals surface area contributed by atoms with Crippen LogP contribution < -0.4 is 5.32 Å². The summed E-state index contributed by atoms with van der Waals surface area (Å²) in [6.45, 7) is 6.68. The highest BCUT2D eigenvalue weighted by atomic mass is 32.2. The molecule has 0 saturated carbocycles. The Labute approximate surface area is 164 Å². The number of carboxylic acid groups (broad SMARTS) is 1. The van der Waals surface area contributed by atoms with E-state index in [4.69, 9.17) is 5.11 Å². The summed E-state index contributed by atoms with van der Waals surface area (Å²) in [5, 5.41) is 11.6. The van der Waals surface area contributed by atoms with Gasteiger partial charge >= 0.3 is 5.97 Å². The Kier molecular flexibility index (Phi) is 7.30. The number of carboxylic acids is 1. The van der Waals surface area contributed by atoms with E-state index in [9.17, 15) is 14.4 Å². The zero-order chi connectivity index (χ0) is 20.0. The quantitative estimate of drug-likeness (QED) is 0.743. The second-order valence-corrected chi connectivity index (χ2v) is 9.04. The van der Waals surface area contributed by atoms with Crippen molar-refractivity contribution < 1.29 is 19.5 Å². The molecular weight excluding hydrogens is 364 g/mol. The van der Waals surface area contributed by atoms with Crippen LogP contribution in [-0.4, -0.2) is 46.1 Å². The smallest absolute Gasteiger partial charge is 0.313 e. The Morgan fingerprint density at radius 1 is 1.30 bits per heavy atom. The van der Waals surface area contributed by atoms with Gasteiger partial charge in [0.1, 0.15) is 6.04 Å². The molecule has 0 radical (unpaired) electrons. The van der Waals surface area contributed by atoms with Crippen molar-refractivity contribution in [2.45, 2.75) is 51.8 Å². The molecule has 2 amide bonds. The van der Waals surface area contributed by atoms with E-state index in [1.165, 1.54) is 11.8 Å². The van der Waals surface area contributed by atoms with Crippen molar-refractivity contribution in [2.75, 3.05) is 17.6 Å². The summed E-state index contributed by atoms with van der Waals surface area (Å²) < 4.78 is 0. The number of nitrogens with one attached hydrogen (secondary N) is 1. The fraction of sp³-hybridized carbons (Fsp3) is 0.550. The van der Waals surface area contributed by atoms with Crippen LogP contribution in [0, 0.1) is 5.41 Å². The number of anilines is 1. The Balaban J connectivity index is 1.97. The number of amides is 2. The topological polar surface area (TPSA) is 86.7 Å². The first-order valence-corrected chi connectivity index (χ1v) is 10.3. The number of carbonyl (C=O) groups excluding carboxylic acids is 2. The van der Waals surface area contributed by atoms with E-state index >= 15 is 0 Å². The number of hydrogen-bond acceptors (Lipinski definition) is 4. The van der Waals surface area contributed by atoms with Gasteiger partial charge in [0.05, 0.1) is 5.75 Å². The Morgan fingerprint density at radius 2 is 2.04 bits per heavy atom. The summed E-state index contributed by atoms with van der Waals surface area (Å²) in [5.74, 6) is -0.367. The average molecular weight is 393 g/mol. The molecule has 0 aromatic heterocycles. The predicted molar refractivity (Wildman–Crippen MR) is 108 cm³/mol. The highest BCUT2D eigenvalue weighted by Crippen LogP contribution is 2.26. The molecule has 1 unspecified atom stereocenters. The molecule has 0 spiro atoms. The fourth-order valence-electron chi connectivity index (χ4n) is 3.11. The summed E-state index contributed by atoms with van der Waals surface area (Å²) in [6, 6.07) is 6.97. The van der Waals surface area contributed by atoms with Crippen LogP contribution in [0.25, 0.3) is 0 Å². The monoisotopic (exact) mass is 392 g/mol. The minimum absolute atomic E-state index is 0.0268. The number of hydrogen-bond donors (Lipinski definition) is 2. The third kappa shape index (κ3) is 6.90. The summed E-state index contributed by atoms with van der Waals surface area (Å²) in [5.41, 5.74) is 1.51. The zero-order valence-corrected chi connectivity index (χ0v) is 17.0. The summed E-state index contributed by atoms with van der Waals surface area (Å²) in [6.07, 6.45) is 1.93. The summed E-state index contributed by atoms with van der Waals surface area (Å²) >= 11 is 1.31. The largest absolute Gasteiger partial charge is 0.481 e. The van der Waals surface area contributed by atoms with Gasteiger partial charge in [-0.1, -0.05) is 32.9 Å². The molecule has 148 valence electrons. The third-order valence-corrected chi connectivity index (χ3v) is 5.23. The van der Waals surface area contributed by atoms with Gasteiger partial charge < -0.3 is 15.3 Å². The van der Waals surface area contributed by atoms with Crippen LogP contribution in [0.15, 0.2) is 24.3 Å². The standard InChI is InChI=1S/C20H28N2O4S/c1-20(2,3)11-17(23)22-9-5-8-16(22)19(26)21-15-7-4-6-14(10-15)12-27-13-18(24)25/h4,6-7,10,16H,5,8-9,11-13H2,1-3H3,(H,21,26)(H,24,25). The molecule has 1 aliphatic heterocycles. The van der Waals surface area contributed by atoms with Crippen LogP contribution in [0.3, 0.4) is 0 Å². The van der Waals surface area contributed by atoms with E-state index in [0.29, 0.717) is 30.8 Å². The van der Waals surface area contributed by atoms with E-state index in [1.807, 2.05) is 39.0 Å². The number of benzene rings is 1. The van der Waals surface area contributed by atoms with Crippen molar-refractivity contribution in [2.24, 2.45) is 5.41 Å². The van der Waals surface area contributed by atoms with Crippen LogP contribution in [0.5, 0.6) is 0 Å². The van der Waals surface area contributed by atoms with Crippen molar-refractivity contribution in [1.82, 2.24) is 4.90 Å². The Bertz CT molecular complexity index is 699. The van der Waals surface area contributed by atoms with Gasteiger partial charge in [-0.25, -0.2) is 0 Å². The lowest BCUT2D eigenvalue weighted by atomic mass is 9.91. The molecule has 1 atom stereocenters. The number of aliphatic carboxylic acids is 1. The third-order valence-electron chi connectivity index (χ3n) is 4.25. The Hall–Kier alpha value is -2.02. The number of likely N-dealkylation sites (tertiary alicyclic amines) is 1. The van der Waals surface area contributed by atoms with E-state index in [-0.39, 0.29) is 23.0 Å². The molecule has 1 aliphatic rings. The highest BCUT2D eigenvalue weighted by molar-refractivity contribution is 7.99. The minimum Gasteiger partial charge on any atom is -0.481 e. The first-order chi connectivity index (χ1) is 12.7. The molecule has 6 nitrogen and oxygen atoms in total. The number of thioether (sulfide) groups is 1. The van der Waals surface area contributed by atoms with Crippen LogP contribution >= 0.6 is 11.8 Å². The van der Waals surface area contributed by atoms with Crippen LogP contribution in [0.2, 0.25) is 0 Å². The first kappa shape index (κ1) is 21.3. The molecule has 7 heteroatoms. The maximum Gasteiger partial charge on any atom is 0.313 e. The van der Waals surface area contributed by atoms with E-state index in [2.05, 4.69) is 5.32 Å². The van der Waals surface area contributed by atoms with Gasteiger partial charge in [0.25, 0.3) is 0 Å². The lowest BCUT2D eigenvalue weighted by Gasteiger charge is -2.27. The molecule has 1 aromatic carbocycles. The van der Waals surface area contributed by atoms with Gasteiger partial charge in [0.2, 0.25) is 11.8 Å². The second-order valence-electron chi connectivity index (χ2n) is 8.06. The minimum atomic E-state index is -0.842. The van der Waals surface area contributed by atoms with Crippen molar-refractivity contribution >= 4 is 35.2 Å². The molecular formula is C20H28N2O4S. The maximum absolute atomic E-state index is 12.7. The molecule has 2 N–H and O–H groups in total. The van der Waals surface area contributed by atoms with E-state index in [0.717, 1.165) is 12.0 Å². The van der Waals surface area contributed by atoms with Crippen LogP contribution in [0.4, 0.5) is 5.69 Å². The molecule has 1 fully saturated rings. The van der Waals surface area contributed by atoms with Crippen LogP contribution in [-0.2, 0) is 20.1 Å². The molecule has 1 aromatic rings. The molecule has 0 bridgehead atoms. The molecule has 27 heavy (non-hydrogen) atoms. The lowest BCUT2D eigenvalue weighted by Crippen LogP contribution is -2.44. The number of nitrogens with zero attached hydrogens (tertiary/aromatic N) is 1. The normalized spacial score (nSPS) is 17.0. The zero-order valence-electron chi connectivity index (χ0n) is 16.2. The van der Waals surface area contributed by atoms with Gasteiger partial charge in [-0.05, 0) is 36.0 Å². The second kappa shape index (κ2) is 9.26. The fourth-order valence-corrected chi connectivity index (χ4v) is 3.81. The van der Waals surface area contributed by atoms with E-state index in [1.54, 1.807) is 11.0 Å². The molecule has 1 saturated heterocycles. The van der Waals surface area contributed by atoms with Crippen molar-refractivity contribution in [3.05, 3.63) is 29.8 Å². The van der Waals surface area contributed by atoms with Gasteiger partial charge in [0, 0.05) is 24.4 Å². The SMILES string of the molecule is CC(C)(C)CC(=O)N1CCCC1C(=O)Nc1cccc(CSCC(=O)O)c1. The number of carbonyl (C=O) groups is 3. The highest BCUT2D eigenvalue weighted by Gasteiger charge is 2.35. The van der Waals surface area contributed by atoms with Gasteiger partial charge in [-0.2, -0.15) is 0 Å². The molecule has 0 aliphatic carbocycles. The lowest BCUT2D eigenvalue weighted by molar-refractivity contribution is -0.138. The van der Waals surface area contributed by atoms with Gasteiger partial charge in [-0.15, -0.1) is 11.8 Å². The Morgan fingerprint density at radius 3 is 2.70 bits per heavy atom. The van der Waals surface area contributed by atoms with Crippen LogP contribution in [0.1, 0.15) is 45.6 Å². The van der Waals surface area contributed by atoms with Crippen molar-refractivity contribution in [3.63, 3.8) is 0 Å². The maximum atomic E-state index is 12.7. The summed E-state index contributed by atoms with van der Waals surface area (Å²) in [7, 11) is 0. The van der Waals surface area contributed by atoms with Gasteiger partial charge in [0.15, 0.2) is 0 Å².